The van der Waals surface area contributed by atoms with Crippen LogP contribution in [0.4, 0.5) is 0 Å². The highest BCUT2D eigenvalue weighted by Gasteiger charge is 2.27. The molecule has 8 heteroatoms. The number of rotatable bonds is 5. The van der Waals surface area contributed by atoms with Crippen LogP contribution in [0.1, 0.15) is 44.3 Å². The molecule has 3 heterocycles. The second-order valence-electron chi connectivity index (χ2n) is 7.12. The molecule has 0 atom stereocenters. The van der Waals surface area contributed by atoms with E-state index in [1.807, 2.05) is 26.0 Å². The van der Waals surface area contributed by atoms with Crippen LogP contribution in [0.15, 0.2) is 30.6 Å². The Hall–Kier alpha value is -3.42. The second kappa shape index (κ2) is 7.30. The number of fused-ring (bicyclic) bond motifs is 1. The normalized spacial score (nSPS) is 12.9. The molecule has 0 unspecified atom stereocenters. The lowest BCUT2D eigenvalue weighted by Crippen LogP contribution is -2.26. The van der Waals surface area contributed by atoms with Crippen molar-refractivity contribution in [3.8, 4) is 0 Å². The second-order valence-corrected chi connectivity index (χ2v) is 7.12. The monoisotopic (exact) mass is 378 g/mol. The van der Waals surface area contributed by atoms with E-state index in [0.717, 1.165) is 33.8 Å². The van der Waals surface area contributed by atoms with Gasteiger partial charge in [-0.05, 0) is 36.1 Å². The summed E-state index contributed by atoms with van der Waals surface area (Å²) in [7, 11) is 0. The first-order valence-corrected chi connectivity index (χ1v) is 9.17. The maximum Gasteiger partial charge on any atom is 0.274 e. The van der Waals surface area contributed by atoms with Crippen molar-refractivity contribution in [2.75, 3.05) is 0 Å². The molecule has 0 spiro atoms. The van der Waals surface area contributed by atoms with Gasteiger partial charge in [-0.15, -0.1) is 0 Å². The number of carbonyl (C=O) groups excluding carboxylic acids is 2. The molecule has 3 aromatic rings. The van der Waals surface area contributed by atoms with Crippen LogP contribution in [0, 0.1) is 13.8 Å². The van der Waals surface area contributed by atoms with Crippen LogP contribution >= 0.6 is 0 Å². The maximum atomic E-state index is 12.8. The molecular weight excluding hydrogens is 356 g/mol. The first kappa shape index (κ1) is 18.0. The lowest BCUT2D eigenvalue weighted by Gasteiger charge is -2.14. The molecule has 1 aliphatic heterocycles. The van der Waals surface area contributed by atoms with Gasteiger partial charge >= 0.3 is 0 Å². The molecule has 0 fully saturated rings. The van der Waals surface area contributed by atoms with E-state index in [4.69, 9.17) is 0 Å². The summed E-state index contributed by atoms with van der Waals surface area (Å²) < 4.78 is 0. The predicted octanol–water partition coefficient (Wildman–Crippen LogP) is 1.76. The van der Waals surface area contributed by atoms with E-state index in [9.17, 15) is 9.59 Å². The molecule has 1 aromatic carbocycles. The van der Waals surface area contributed by atoms with Gasteiger partial charge in [0.1, 0.15) is 11.5 Å². The number of amides is 2. The number of nitrogens with zero attached hydrogens (tertiary/aromatic N) is 3. The topological polar surface area (TPSA) is 107 Å². The summed E-state index contributed by atoms with van der Waals surface area (Å²) in [5.41, 5.74) is 5.38. The summed E-state index contributed by atoms with van der Waals surface area (Å²) in [6.45, 7) is 5.29. The molecule has 0 radical (unpaired) electrons. The highest BCUT2D eigenvalue weighted by molar-refractivity contribution is 5.93. The number of nitrogens with one attached hydrogen (secondary N) is 3. The standard InChI is InChI=1S/C20H22N6O2/c1-12-19(25-13(2)24-12)20(28)26-10-16-4-3-14(5-17(16)11-26)7-21-18(27)6-15-8-22-23-9-15/h3-5,8-9H,6-7,10-11H2,1-2H3,(H,21,27)(H,22,23)(H,24,25). The molecule has 28 heavy (non-hydrogen) atoms. The van der Waals surface area contributed by atoms with E-state index >= 15 is 0 Å². The summed E-state index contributed by atoms with van der Waals surface area (Å²) in [6, 6.07) is 6.08. The van der Waals surface area contributed by atoms with Gasteiger partial charge in [0.15, 0.2) is 0 Å². The molecule has 2 aromatic heterocycles. The van der Waals surface area contributed by atoms with Crippen LogP contribution in [-0.2, 0) is 30.8 Å². The molecule has 4 rings (SSSR count). The van der Waals surface area contributed by atoms with Gasteiger partial charge in [-0.25, -0.2) is 4.98 Å². The van der Waals surface area contributed by atoms with E-state index in [1.165, 1.54) is 0 Å². The number of aromatic nitrogens is 4. The molecule has 144 valence electrons. The summed E-state index contributed by atoms with van der Waals surface area (Å²) >= 11 is 0. The van der Waals surface area contributed by atoms with E-state index < -0.39 is 0 Å². The molecule has 0 saturated carbocycles. The van der Waals surface area contributed by atoms with Gasteiger partial charge in [-0.2, -0.15) is 5.10 Å². The van der Waals surface area contributed by atoms with E-state index in [2.05, 4.69) is 31.5 Å². The Kier molecular flexibility index (Phi) is 4.68. The fourth-order valence-electron chi connectivity index (χ4n) is 3.49. The molecule has 8 nitrogen and oxygen atoms in total. The van der Waals surface area contributed by atoms with Crippen LogP contribution in [0.5, 0.6) is 0 Å². The predicted molar refractivity (Wildman–Crippen MR) is 102 cm³/mol. The molecule has 0 saturated heterocycles. The van der Waals surface area contributed by atoms with Gasteiger partial charge in [0.05, 0.1) is 12.6 Å². The number of imidazole rings is 1. The Morgan fingerprint density at radius 2 is 2.00 bits per heavy atom. The van der Waals surface area contributed by atoms with Crippen molar-refractivity contribution in [2.45, 2.75) is 39.9 Å². The van der Waals surface area contributed by atoms with E-state index in [-0.39, 0.29) is 11.8 Å². The van der Waals surface area contributed by atoms with E-state index in [0.29, 0.717) is 31.7 Å². The lowest BCUT2D eigenvalue weighted by molar-refractivity contribution is -0.120. The van der Waals surface area contributed by atoms with Crippen molar-refractivity contribution in [3.63, 3.8) is 0 Å². The highest BCUT2D eigenvalue weighted by atomic mass is 16.2. The average molecular weight is 378 g/mol. The third-order valence-electron chi connectivity index (χ3n) is 4.90. The molecule has 1 aliphatic rings. The van der Waals surface area contributed by atoms with Crippen molar-refractivity contribution in [3.05, 3.63) is 70.1 Å². The smallest absolute Gasteiger partial charge is 0.274 e. The maximum absolute atomic E-state index is 12.8. The van der Waals surface area contributed by atoms with Gasteiger partial charge in [-0.3, -0.25) is 14.7 Å². The van der Waals surface area contributed by atoms with Crippen molar-refractivity contribution in [2.24, 2.45) is 0 Å². The minimum absolute atomic E-state index is 0.0527. The minimum atomic E-state index is -0.0620. The van der Waals surface area contributed by atoms with Gasteiger partial charge < -0.3 is 15.2 Å². The Bertz CT molecular complexity index is 1020. The molecule has 3 N–H and O–H groups in total. The SMILES string of the molecule is Cc1nc(C(=O)N2Cc3ccc(CNC(=O)Cc4cn[nH]c4)cc3C2)c(C)[nH]1. The third-order valence-corrected chi connectivity index (χ3v) is 4.90. The van der Waals surface area contributed by atoms with Crippen LogP contribution in [0.2, 0.25) is 0 Å². The zero-order chi connectivity index (χ0) is 19.7. The van der Waals surface area contributed by atoms with Gasteiger partial charge in [0, 0.05) is 31.5 Å². The zero-order valence-electron chi connectivity index (χ0n) is 15.9. The van der Waals surface area contributed by atoms with E-state index in [1.54, 1.807) is 17.3 Å². The quantitative estimate of drug-likeness (QED) is 0.629. The summed E-state index contributed by atoms with van der Waals surface area (Å²) in [6.07, 6.45) is 3.65. The summed E-state index contributed by atoms with van der Waals surface area (Å²) in [4.78, 5) is 34.0. The van der Waals surface area contributed by atoms with Crippen LogP contribution in [-0.4, -0.2) is 36.9 Å². The molecule has 0 bridgehead atoms. The zero-order valence-corrected chi connectivity index (χ0v) is 15.9. The first-order chi connectivity index (χ1) is 13.5. The van der Waals surface area contributed by atoms with Crippen molar-refractivity contribution in [1.29, 1.82) is 0 Å². The first-order valence-electron chi connectivity index (χ1n) is 9.17. The van der Waals surface area contributed by atoms with Crippen molar-refractivity contribution >= 4 is 11.8 Å². The Morgan fingerprint density at radius 3 is 2.71 bits per heavy atom. The van der Waals surface area contributed by atoms with Crippen LogP contribution in [0.25, 0.3) is 0 Å². The van der Waals surface area contributed by atoms with Crippen molar-refractivity contribution < 1.29 is 9.59 Å². The van der Waals surface area contributed by atoms with Gasteiger partial charge in [0.25, 0.3) is 5.91 Å². The minimum Gasteiger partial charge on any atom is -0.352 e. The number of hydrogen-bond acceptors (Lipinski definition) is 4. The molecule has 2 amide bonds. The Labute approximate surface area is 162 Å². The highest BCUT2D eigenvalue weighted by Crippen LogP contribution is 2.25. The third kappa shape index (κ3) is 3.66. The number of aromatic amines is 2. The van der Waals surface area contributed by atoms with Crippen LogP contribution < -0.4 is 5.32 Å². The van der Waals surface area contributed by atoms with Crippen molar-refractivity contribution in [1.82, 2.24) is 30.4 Å². The number of H-pyrrole nitrogens is 2. The Balaban J connectivity index is 1.38. The molecule has 0 aliphatic carbocycles. The fourth-order valence-corrected chi connectivity index (χ4v) is 3.49. The van der Waals surface area contributed by atoms with Gasteiger partial charge in [0.2, 0.25) is 5.91 Å². The summed E-state index contributed by atoms with van der Waals surface area (Å²) in [5.74, 6) is 0.627. The van der Waals surface area contributed by atoms with Crippen LogP contribution in [0.3, 0.4) is 0 Å². The summed E-state index contributed by atoms with van der Waals surface area (Å²) in [5, 5.41) is 9.46. The molecular formula is C20H22N6O2. The number of aryl methyl sites for hydroxylation is 2. The lowest BCUT2D eigenvalue weighted by atomic mass is 10.1. The van der Waals surface area contributed by atoms with Gasteiger partial charge in [-0.1, -0.05) is 18.2 Å². The fraction of sp³-hybridized carbons (Fsp3) is 0.300. The number of carbonyl (C=O) groups is 2. The number of hydrogen-bond donors (Lipinski definition) is 3. The largest absolute Gasteiger partial charge is 0.352 e. The average Bonchev–Trinajstić information content (AvgIpc) is 3.39. The number of benzene rings is 1. The Morgan fingerprint density at radius 1 is 1.18 bits per heavy atom.